The van der Waals surface area contributed by atoms with Crippen LogP contribution >= 0.6 is 0 Å². The highest BCUT2D eigenvalue weighted by atomic mass is 16.3. The van der Waals surface area contributed by atoms with Crippen LogP contribution in [0.1, 0.15) is 12.7 Å². The molecule has 0 aliphatic carbocycles. The van der Waals surface area contributed by atoms with Gasteiger partial charge in [0.15, 0.2) is 5.54 Å². The van der Waals surface area contributed by atoms with Crippen LogP contribution in [0.25, 0.3) is 10.4 Å². The largest absolute Gasteiger partial charge is 0.466 e. The predicted octanol–water partition coefficient (Wildman–Crippen LogP) is 1.36. The fourth-order valence-corrected chi connectivity index (χ4v) is 1.82. The van der Waals surface area contributed by atoms with Gasteiger partial charge in [0.25, 0.3) is 5.91 Å². The maximum atomic E-state index is 12.2. The summed E-state index contributed by atoms with van der Waals surface area (Å²) in [6.45, 7) is 1.66. The monoisotopic (exact) mass is 249 g/mol. The van der Waals surface area contributed by atoms with Gasteiger partial charge in [-0.3, -0.25) is 9.69 Å². The average Bonchev–Trinajstić information content (AvgIpc) is 2.93. The predicted molar refractivity (Wildman–Crippen MR) is 60.3 cm³/mol. The Bertz CT molecular complexity index is 520. The summed E-state index contributed by atoms with van der Waals surface area (Å²) >= 11 is 0. The van der Waals surface area contributed by atoms with Gasteiger partial charge in [-0.1, -0.05) is 5.11 Å². The normalized spacial score (nSPS) is 22.8. The van der Waals surface area contributed by atoms with Crippen molar-refractivity contribution in [2.24, 2.45) is 5.11 Å². The minimum Gasteiger partial charge on any atom is -0.466 e. The highest BCUT2D eigenvalue weighted by Crippen LogP contribution is 2.28. The number of imide groups is 1. The van der Waals surface area contributed by atoms with Crippen molar-refractivity contribution in [2.45, 2.75) is 12.5 Å². The van der Waals surface area contributed by atoms with Gasteiger partial charge in [0.1, 0.15) is 5.76 Å². The number of azide groups is 1. The van der Waals surface area contributed by atoms with Gasteiger partial charge in [-0.15, -0.1) is 0 Å². The third-order valence-electron chi connectivity index (χ3n) is 2.78. The van der Waals surface area contributed by atoms with Gasteiger partial charge in [-0.2, -0.15) is 0 Å². The van der Waals surface area contributed by atoms with Crippen LogP contribution in [0.15, 0.2) is 27.9 Å². The van der Waals surface area contributed by atoms with E-state index in [2.05, 4.69) is 15.3 Å². The molecule has 0 saturated carbocycles. The van der Waals surface area contributed by atoms with Crippen LogP contribution in [0, 0.1) is 0 Å². The molecule has 1 N–H and O–H groups in total. The van der Waals surface area contributed by atoms with Gasteiger partial charge in [0, 0.05) is 18.0 Å². The topological polar surface area (TPSA) is 111 Å². The first-order valence-electron chi connectivity index (χ1n) is 5.28. The molecule has 8 heteroatoms. The second-order valence-electron chi connectivity index (χ2n) is 3.94. The molecule has 0 radical (unpaired) electrons. The van der Waals surface area contributed by atoms with E-state index >= 15 is 0 Å². The average molecular weight is 249 g/mol. The number of hydrogen-bond acceptors (Lipinski definition) is 4. The van der Waals surface area contributed by atoms with E-state index in [9.17, 15) is 9.59 Å². The van der Waals surface area contributed by atoms with E-state index < -0.39 is 17.5 Å². The molecule has 3 amide bonds. The molecule has 2 heterocycles. The molecule has 94 valence electrons. The minimum atomic E-state index is -1.20. The fourth-order valence-electron chi connectivity index (χ4n) is 1.82. The quantitative estimate of drug-likeness (QED) is 0.376. The number of carbonyl (C=O) groups is 2. The van der Waals surface area contributed by atoms with Crippen molar-refractivity contribution in [1.82, 2.24) is 10.2 Å². The summed E-state index contributed by atoms with van der Waals surface area (Å²) in [6, 6.07) is 2.74. The van der Waals surface area contributed by atoms with Crippen molar-refractivity contribution < 1.29 is 14.0 Å². The second kappa shape index (κ2) is 4.42. The zero-order valence-corrected chi connectivity index (χ0v) is 9.66. The lowest BCUT2D eigenvalue weighted by molar-refractivity contribution is -0.131. The van der Waals surface area contributed by atoms with Gasteiger partial charge in [-0.25, -0.2) is 4.79 Å². The number of furan rings is 1. The van der Waals surface area contributed by atoms with Crippen molar-refractivity contribution in [2.75, 3.05) is 13.1 Å². The SMILES string of the molecule is CC1(c2ccco2)NC(=O)N(CCN=[N+]=[N-])C1=O. The summed E-state index contributed by atoms with van der Waals surface area (Å²) in [6.07, 6.45) is 1.43. The van der Waals surface area contributed by atoms with E-state index in [-0.39, 0.29) is 13.1 Å². The fraction of sp³-hybridized carbons (Fsp3) is 0.400. The molecule has 1 aliphatic rings. The van der Waals surface area contributed by atoms with Gasteiger partial charge in [0.2, 0.25) is 0 Å². The molecule has 2 rings (SSSR count). The van der Waals surface area contributed by atoms with Gasteiger partial charge in [-0.05, 0) is 24.6 Å². The third kappa shape index (κ3) is 1.78. The molecule has 1 aromatic rings. The molecule has 1 saturated heterocycles. The van der Waals surface area contributed by atoms with Crippen LogP contribution < -0.4 is 5.32 Å². The Morgan fingerprint density at radius 2 is 2.39 bits per heavy atom. The number of urea groups is 1. The molecule has 1 fully saturated rings. The Kier molecular flexibility index (Phi) is 2.95. The molecule has 8 nitrogen and oxygen atoms in total. The van der Waals surface area contributed by atoms with Crippen molar-refractivity contribution in [1.29, 1.82) is 0 Å². The second-order valence-corrected chi connectivity index (χ2v) is 3.94. The lowest BCUT2D eigenvalue weighted by atomic mass is 9.99. The Morgan fingerprint density at radius 1 is 1.61 bits per heavy atom. The summed E-state index contributed by atoms with van der Waals surface area (Å²) in [4.78, 5) is 27.5. The van der Waals surface area contributed by atoms with Crippen LogP contribution in [0.3, 0.4) is 0 Å². The van der Waals surface area contributed by atoms with E-state index in [4.69, 9.17) is 9.95 Å². The molecular weight excluding hydrogens is 238 g/mol. The number of amides is 3. The Morgan fingerprint density at radius 3 is 3.00 bits per heavy atom. The molecule has 1 aromatic heterocycles. The molecule has 1 aliphatic heterocycles. The van der Waals surface area contributed by atoms with Crippen LogP contribution in [-0.4, -0.2) is 29.9 Å². The molecule has 18 heavy (non-hydrogen) atoms. The van der Waals surface area contributed by atoms with Crippen molar-refractivity contribution in [3.05, 3.63) is 34.6 Å². The summed E-state index contributed by atoms with van der Waals surface area (Å²) in [5.74, 6) is -0.0530. The first kappa shape index (κ1) is 12.0. The van der Waals surface area contributed by atoms with Crippen molar-refractivity contribution in [3.8, 4) is 0 Å². The molecular formula is C10H11N5O3. The van der Waals surface area contributed by atoms with E-state index in [1.54, 1.807) is 19.1 Å². The zero-order chi connectivity index (χ0) is 13.2. The number of nitrogens with zero attached hydrogens (tertiary/aromatic N) is 4. The summed E-state index contributed by atoms with van der Waals surface area (Å²) in [5, 5.41) is 5.87. The van der Waals surface area contributed by atoms with Crippen LogP contribution in [0.5, 0.6) is 0 Å². The van der Waals surface area contributed by atoms with E-state index in [0.29, 0.717) is 5.76 Å². The maximum absolute atomic E-state index is 12.2. The lowest BCUT2D eigenvalue weighted by Crippen LogP contribution is -2.40. The summed E-state index contributed by atoms with van der Waals surface area (Å²) in [7, 11) is 0. The van der Waals surface area contributed by atoms with E-state index in [1.807, 2.05) is 0 Å². The standard InChI is InChI=1S/C10H11N5O3/c1-10(7-3-2-6-18-7)8(16)15(9(17)13-10)5-4-12-14-11/h2-3,6H,4-5H2,1H3,(H,13,17). The van der Waals surface area contributed by atoms with Crippen LogP contribution in [0.4, 0.5) is 4.79 Å². The van der Waals surface area contributed by atoms with Gasteiger partial charge >= 0.3 is 6.03 Å². The molecule has 1 atom stereocenters. The smallest absolute Gasteiger partial charge is 0.325 e. The van der Waals surface area contributed by atoms with Gasteiger partial charge in [0.05, 0.1) is 6.26 Å². The number of rotatable bonds is 4. The highest BCUT2D eigenvalue weighted by Gasteiger charge is 2.50. The van der Waals surface area contributed by atoms with Crippen molar-refractivity contribution in [3.63, 3.8) is 0 Å². The molecule has 0 bridgehead atoms. The summed E-state index contributed by atoms with van der Waals surface area (Å²) < 4.78 is 5.17. The Balaban J connectivity index is 2.21. The first-order valence-corrected chi connectivity index (χ1v) is 5.28. The number of hydrogen-bond donors (Lipinski definition) is 1. The van der Waals surface area contributed by atoms with Crippen LogP contribution in [0.2, 0.25) is 0 Å². The molecule has 1 unspecified atom stereocenters. The van der Waals surface area contributed by atoms with E-state index in [1.165, 1.54) is 6.26 Å². The Hall–Kier alpha value is -2.47. The van der Waals surface area contributed by atoms with E-state index in [0.717, 1.165) is 4.90 Å². The zero-order valence-electron chi connectivity index (χ0n) is 9.66. The minimum absolute atomic E-state index is 0.0455. The molecule has 0 spiro atoms. The molecule has 0 aromatic carbocycles. The third-order valence-corrected chi connectivity index (χ3v) is 2.78. The Labute approximate surface area is 102 Å². The maximum Gasteiger partial charge on any atom is 0.325 e. The van der Waals surface area contributed by atoms with Gasteiger partial charge < -0.3 is 9.73 Å². The lowest BCUT2D eigenvalue weighted by Gasteiger charge is -2.18. The summed E-state index contributed by atoms with van der Waals surface area (Å²) in [5.41, 5.74) is 6.97. The number of nitrogens with one attached hydrogen (secondary N) is 1. The van der Waals surface area contributed by atoms with Crippen molar-refractivity contribution >= 4 is 11.9 Å². The van der Waals surface area contributed by atoms with Crippen LogP contribution in [-0.2, 0) is 10.3 Å². The highest BCUT2D eigenvalue weighted by molar-refractivity contribution is 6.06. The number of carbonyl (C=O) groups excluding carboxylic acids is 2. The first-order chi connectivity index (χ1) is 8.59.